The van der Waals surface area contributed by atoms with Gasteiger partial charge in [-0.1, -0.05) is 0 Å². The van der Waals surface area contributed by atoms with Gasteiger partial charge in [-0.25, -0.2) is 0 Å². The Kier molecular flexibility index (Phi) is 6.80. The van der Waals surface area contributed by atoms with Crippen LogP contribution in [0.5, 0.6) is 17.2 Å². The molecule has 0 unspecified atom stereocenters. The van der Waals surface area contributed by atoms with Gasteiger partial charge in [-0.2, -0.15) is 0 Å². The van der Waals surface area contributed by atoms with E-state index in [1.54, 1.807) is 24.7 Å². The number of benzene rings is 1. The van der Waals surface area contributed by atoms with Crippen molar-refractivity contribution in [3.8, 4) is 17.2 Å². The van der Waals surface area contributed by atoms with Gasteiger partial charge in [0.15, 0.2) is 11.5 Å². The van der Waals surface area contributed by atoms with Crippen LogP contribution in [0.1, 0.15) is 11.5 Å². The van der Waals surface area contributed by atoms with Gasteiger partial charge < -0.3 is 28.4 Å². The first-order chi connectivity index (χ1) is 14.1. The number of hydrogen-bond acceptors (Lipinski definition) is 7. The normalized spacial score (nSPS) is 10.8. The maximum Gasteiger partial charge on any atom is 0.238 e. The number of carbonyl (C=O) groups is 1. The SMILES string of the molecule is COc1cc(NC(=O)CN(Cc2ccco2)Cc2ccco2)cc(OC)c1OC. The third kappa shape index (κ3) is 5.32. The summed E-state index contributed by atoms with van der Waals surface area (Å²) in [6, 6.07) is 10.7. The Morgan fingerprint density at radius 2 is 1.48 bits per heavy atom. The van der Waals surface area contributed by atoms with Gasteiger partial charge in [0.1, 0.15) is 11.5 Å². The van der Waals surface area contributed by atoms with Gasteiger partial charge in [0.2, 0.25) is 11.7 Å². The molecule has 1 N–H and O–H groups in total. The predicted molar refractivity (Wildman–Crippen MR) is 106 cm³/mol. The molecule has 0 saturated heterocycles. The second kappa shape index (κ2) is 9.70. The highest BCUT2D eigenvalue weighted by atomic mass is 16.5. The smallest absolute Gasteiger partial charge is 0.238 e. The van der Waals surface area contributed by atoms with Crippen molar-refractivity contribution in [1.29, 1.82) is 0 Å². The summed E-state index contributed by atoms with van der Waals surface area (Å²) in [6.07, 6.45) is 3.22. The second-order valence-electron chi connectivity index (χ2n) is 6.27. The number of nitrogens with zero attached hydrogens (tertiary/aromatic N) is 1. The fourth-order valence-electron chi connectivity index (χ4n) is 2.97. The molecular formula is C21H24N2O6. The Morgan fingerprint density at radius 3 is 1.90 bits per heavy atom. The fourth-order valence-corrected chi connectivity index (χ4v) is 2.97. The van der Waals surface area contributed by atoms with Crippen molar-refractivity contribution < 1.29 is 27.8 Å². The minimum atomic E-state index is -0.197. The molecule has 0 bridgehead atoms. The molecule has 0 radical (unpaired) electrons. The number of ether oxygens (including phenoxy) is 3. The van der Waals surface area contributed by atoms with Gasteiger partial charge in [0.25, 0.3) is 0 Å². The van der Waals surface area contributed by atoms with Crippen molar-refractivity contribution in [2.24, 2.45) is 0 Å². The van der Waals surface area contributed by atoms with Gasteiger partial charge >= 0.3 is 0 Å². The summed E-state index contributed by atoms with van der Waals surface area (Å²) in [5.41, 5.74) is 0.542. The van der Waals surface area contributed by atoms with Gasteiger partial charge in [0, 0.05) is 17.8 Å². The Morgan fingerprint density at radius 1 is 0.931 bits per heavy atom. The Balaban J connectivity index is 1.72. The number of hydrogen-bond donors (Lipinski definition) is 1. The van der Waals surface area contributed by atoms with Crippen molar-refractivity contribution in [2.75, 3.05) is 33.2 Å². The van der Waals surface area contributed by atoms with E-state index in [1.807, 2.05) is 29.2 Å². The fraction of sp³-hybridized carbons (Fsp3) is 0.286. The first-order valence-corrected chi connectivity index (χ1v) is 9.00. The van der Waals surface area contributed by atoms with Gasteiger partial charge in [0.05, 0.1) is 53.5 Å². The van der Waals surface area contributed by atoms with E-state index in [9.17, 15) is 4.79 Å². The highest BCUT2D eigenvalue weighted by Gasteiger charge is 2.17. The van der Waals surface area contributed by atoms with E-state index in [4.69, 9.17) is 23.0 Å². The highest BCUT2D eigenvalue weighted by Crippen LogP contribution is 2.39. The van der Waals surface area contributed by atoms with Gasteiger partial charge in [-0.3, -0.25) is 9.69 Å². The van der Waals surface area contributed by atoms with Crippen molar-refractivity contribution in [3.05, 3.63) is 60.4 Å². The molecule has 8 heteroatoms. The standard InChI is InChI=1S/C21H24N2O6/c1-25-18-10-15(11-19(26-2)21(18)27-3)22-20(24)14-23(12-16-6-4-8-28-16)13-17-7-5-9-29-17/h4-11H,12-14H2,1-3H3,(H,22,24). The molecule has 1 aromatic carbocycles. The lowest BCUT2D eigenvalue weighted by Crippen LogP contribution is -2.32. The van der Waals surface area contributed by atoms with Crippen molar-refractivity contribution in [1.82, 2.24) is 4.90 Å². The average Bonchev–Trinajstić information content (AvgIpc) is 3.41. The largest absolute Gasteiger partial charge is 0.493 e. The maximum absolute atomic E-state index is 12.7. The van der Waals surface area contributed by atoms with Crippen LogP contribution in [-0.4, -0.2) is 38.7 Å². The molecule has 0 aliphatic carbocycles. The summed E-state index contributed by atoms with van der Waals surface area (Å²) in [5, 5.41) is 2.87. The molecule has 0 fully saturated rings. The minimum absolute atomic E-state index is 0.137. The summed E-state index contributed by atoms with van der Waals surface area (Å²) < 4.78 is 26.8. The molecule has 3 aromatic rings. The third-order valence-corrected chi connectivity index (χ3v) is 4.23. The number of rotatable bonds is 10. The number of methoxy groups -OCH3 is 3. The average molecular weight is 400 g/mol. The Hall–Kier alpha value is -3.39. The molecule has 8 nitrogen and oxygen atoms in total. The summed E-state index contributed by atoms with van der Waals surface area (Å²) in [4.78, 5) is 14.6. The molecule has 0 aliphatic heterocycles. The quantitative estimate of drug-likeness (QED) is 0.557. The van der Waals surface area contributed by atoms with Crippen LogP contribution in [0.2, 0.25) is 0 Å². The Bertz CT molecular complexity index is 844. The molecule has 0 saturated carbocycles. The van der Waals surface area contributed by atoms with E-state index in [0.29, 0.717) is 36.0 Å². The lowest BCUT2D eigenvalue weighted by molar-refractivity contribution is -0.117. The van der Waals surface area contributed by atoms with E-state index in [0.717, 1.165) is 11.5 Å². The van der Waals surface area contributed by atoms with Crippen LogP contribution in [-0.2, 0) is 17.9 Å². The van der Waals surface area contributed by atoms with Crippen molar-refractivity contribution in [2.45, 2.75) is 13.1 Å². The lowest BCUT2D eigenvalue weighted by atomic mass is 10.2. The maximum atomic E-state index is 12.7. The second-order valence-corrected chi connectivity index (χ2v) is 6.27. The molecule has 2 heterocycles. The van der Waals surface area contributed by atoms with Gasteiger partial charge in [-0.05, 0) is 24.3 Å². The lowest BCUT2D eigenvalue weighted by Gasteiger charge is -2.20. The number of amides is 1. The molecule has 0 atom stereocenters. The zero-order valence-electron chi connectivity index (χ0n) is 16.6. The van der Waals surface area contributed by atoms with Crippen LogP contribution in [0.25, 0.3) is 0 Å². The molecule has 2 aromatic heterocycles. The number of anilines is 1. The molecule has 1 amide bonds. The molecule has 154 valence electrons. The Labute approximate surface area is 169 Å². The first kappa shape index (κ1) is 20.3. The number of nitrogens with one attached hydrogen (secondary N) is 1. The van der Waals surface area contributed by atoms with E-state index in [1.165, 1.54) is 21.3 Å². The summed E-state index contributed by atoms with van der Waals surface area (Å²) in [7, 11) is 4.58. The number of carbonyl (C=O) groups excluding carboxylic acids is 1. The topological polar surface area (TPSA) is 86.3 Å². The van der Waals surface area contributed by atoms with Crippen LogP contribution in [0.3, 0.4) is 0 Å². The van der Waals surface area contributed by atoms with E-state index >= 15 is 0 Å². The van der Waals surface area contributed by atoms with E-state index in [-0.39, 0.29) is 12.5 Å². The molecule has 0 spiro atoms. The van der Waals surface area contributed by atoms with Gasteiger partial charge in [-0.15, -0.1) is 0 Å². The summed E-state index contributed by atoms with van der Waals surface area (Å²) in [6.45, 7) is 1.07. The summed E-state index contributed by atoms with van der Waals surface area (Å²) in [5.74, 6) is 2.72. The highest BCUT2D eigenvalue weighted by molar-refractivity contribution is 5.93. The molecular weight excluding hydrogens is 376 g/mol. The summed E-state index contributed by atoms with van der Waals surface area (Å²) >= 11 is 0. The number of furan rings is 2. The zero-order valence-corrected chi connectivity index (χ0v) is 16.6. The molecule has 0 aliphatic rings. The predicted octanol–water partition coefficient (Wildman–Crippen LogP) is 3.54. The van der Waals surface area contributed by atoms with E-state index < -0.39 is 0 Å². The van der Waals surface area contributed by atoms with Crippen LogP contribution in [0.15, 0.2) is 57.8 Å². The zero-order chi connectivity index (χ0) is 20.6. The van der Waals surface area contributed by atoms with Crippen molar-refractivity contribution in [3.63, 3.8) is 0 Å². The molecule has 29 heavy (non-hydrogen) atoms. The third-order valence-electron chi connectivity index (χ3n) is 4.23. The van der Waals surface area contributed by atoms with Crippen molar-refractivity contribution >= 4 is 11.6 Å². The van der Waals surface area contributed by atoms with E-state index in [2.05, 4.69) is 5.32 Å². The van der Waals surface area contributed by atoms with Crippen LogP contribution >= 0.6 is 0 Å². The molecule has 3 rings (SSSR count). The monoisotopic (exact) mass is 400 g/mol. The minimum Gasteiger partial charge on any atom is -0.493 e. The van der Waals surface area contributed by atoms with Crippen LogP contribution < -0.4 is 19.5 Å². The van der Waals surface area contributed by atoms with Crippen LogP contribution in [0, 0.1) is 0 Å². The first-order valence-electron chi connectivity index (χ1n) is 9.00. The van der Waals surface area contributed by atoms with Crippen LogP contribution in [0.4, 0.5) is 5.69 Å².